The standard InChI is InChI=1S/C15H19NO4S/c1-10-4-7-15(11(2)8-10)21(18,19)16-9-13(17)14-6-5-12(3)20-14/h4-8,13,16-17H,9H2,1-3H3. The Labute approximate surface area is 124 Å². The van der Waals surface area contributed by atoms with Crippen LogP contribution in [0.2, 0.25) is 0 Å². The Balaban J connectivity index is 2.11. The van der Waals surface area contributed by atoms with Crippen molar-refractivity contribution in [2.24, 2.45) is 0 Å². The van der Waals surface area contributed by atoms with Crippen LogP contribution in [0.25, 0.3) is 0 Å². The van der Waals surface area contributed by atoms with Gasteiger partial charge < -0.3 is 9.52 Å². The van der Waals surface area contributed by atoms with Gasteiger partial charge in [0.15, 0.2) is 0 Å². The van der Waals surface area contributed by atoms with Crippen LogP contribution in [-0.2, 0) is 10.0 Å². The first-order chi connectivity index (χ1) is 9.79. The van der Waals surface area contributed by atoms with Crippen LogP contribution in [0.5, 0.6) is 0 Å². The molecule has 0 aliphatic carbocycles. The van der Waals surface area contributed by atoms with Crippen LogP contribution in [0, 0.1) is 20.8 Å². The Morgan fingerprint density at radius 1 is 1.19 bits per heavy atom. The number of furan rings is 1. The molecule has 114 valence electrons. The fraction of sp³-hybridized carbons (Fsp3) is 0.333. The van der Waals surface area contributed by atoms with Gasteiger partial charge in [-0.15, -0.1) is 0 Å². The maximum atomic E-state index is 12.3. The lowest BCUT2D eigenvalue weighted by Gasteiger charge is -2.12. The van der Waals surface area contributed by atoms with Crippen molar-refractivity contribution in [3.8, 4) is 0 Å². The molecule has 0 saturated heterocycles. The lowest BCUT2D eigenvalue weighted by Crippen LogP contribution is -2.29. The predicted molar refractivity (Wildman–Crippen MR) is 79.5 cm³/mol. The molecule has 1 aromatic heterocycles. The second-order valence-electron chi connectivity index (χ2n) is 5.09. The molecule has 2 aromatic rings. The second-order valence-corrected chi connectivity index (χ2v) is 6.82. The zero-order valence-electron chi connectivity index (χ0n) is 12.3. The average Bonchev–Trinajstić information content (AvgIpc) is 2.82. The Kier molecular flexibility index (Phi) is 4.51. The molecule has 0 radical (unpaired) electrons. The molecule has 1 unspecified atom stereocenters. The molecule has 21 heavy (non-hydrogen) atoms. The summed E-state index contributed by atoms with van der Waals surface area (Å²) in [6.45, 7) is 5.27. The van der Waals surface area contributed by atoms with E-state index in [1.54, 1.807) is 44.2 Å². The van der Waals surface area contributed by atoms with E-state index in [-0.39, 0.29) is 11.4 Å². The zero-order chi connectivity index (χ0) is 15.6. The average molecular weight is 309 g/mol. The fourth-order valence-corrected chi connectivity index (χ4v) is 3.36. The molecule has 2 rings (SSSR count). The van der Waals surface area contributed by atoms with E-state index in [1.165, 1.54) is 0 Å². The van der Waals surface area contributed by atoms with Gasteiger partial charge in [-0.2, -0.15) is 0 Å². The molecule has 0 amide bonds. The van der Waals surface area contributed by atoms with Crippen molar-refractivity contribution in [2.75, 3.05) is 6.54 Å². The third-order valence-electron chi connectivity index (χ3n) is 3.18. The molecular weight excluding hydrogens is 290 g/mol. The molecule has 1 atom stereocenters. The van der Waals surface area contributed by atoms with Crippen molar-refractivity contribution in [2.45, 2.75) is 31.8 Å². The Bertz CT molecular complexity index is 734. The molecule has 1 heterocycles. The summed E-state index contributed by atoms with van der Waals surface area (Å²) in [6.07, 6.45) is -1.01. The molecule has 1 aromatic carbocycles. The molecule has 0 spiro atoms. The van der Waals surface area contributed by atoms with Crippen LogP contribution in [0.3, 0.4) is 0 Å². The first kappa shape index (κ1) is 15.8. The summed E-state index contributed by atoms with van der Waals surface area (Å²) in [5.41, 5.74) is 1.67. The van der Waals surface area contributed by atoms with E-state index in [9.17, 15) is 13.5 Å². The van der Waals surface area contributed by atoms with Crippen molar-refractivity contribution in [1.29, 1.82) is 0 Å². The molecule has 6 heteroatoms. The third-order valence-corrected chi connectivity index (χ3v) is 4.76. The number of hydrogen-bond donors (Lipinski definition) is 2. The minimum atomic E-state index is -3.66. The molecule has 0 aliphatic rings. The molecular formula is C15H19NO4S. The van der Waals surface area contributed by atoms with Crippen LogP contribution >= 0.6 is 0 Å². The normalized spacial score (nSPS) is 13.3. The number of hydrogen-bond acceptors (Lipinski definition) is 4. The number of aryl methyl sites for hydroxylation is 3. The van der Waals surface area contributed by atoms with Crippen LogP contribution in [0.1, 0.15) is 28.8 Å². The highest BCUT2D eigenvalue weighted by Gasteiger charge is 2.20. The van der Waals surface area contributed by atoms with Crippen LogP contribution in [-0.4, -0.2) is 20.1 Å². The summed E-state index contributed by atoms with van der Waals surface area (Å²) in [5.74, 6) is 1.01. The number of sulfonamides is 1. The van der Waals surface area contributed by atoms with Crippen molar-refractivity contribution in [3.63, 3.8) is 0 Å². The Hall–Kier alpha value is -1.63. The summed E-state index contributed by atoms with van der Waals surface area (Å²) in [5, 5.41) is 9.94. The van der Waals surface area contributed by atoms with E-state index in [0.717, 1.165) is 5.56 Å². The maximum absolute atomic E-state index is 12.3. The number of benzene rings is 1. The summed E-state index contributed by atoms with van der Waals surface area (Å²) in [7, 11) is -3.66. The van der Waals surface area contributed by atoms with Crippen LogP contribution < -0.4 is 4.72 Å². The smallest absolute Gasteiger partial charge is 0.240 e. The summed E-state index contributed by atoms with van der Waals surface area (Å²) < 4.78 is 32.2. The summed E-state index contributed by atoms with van der Waals surface area (Å²) in [4.78, 5) is 0.218. The van der Waals surface area contributed by atoms with Crippen molar-refractivity contribution in [3.05, 3.63) is 53.0 Å². The van der Waals surface area contributed by atoms with E-state index < -0.39 is 16.1 Å². The maximum Gasteiger partial charge on any atom is 0.240 e. The van der Waals surface area contributed by atoms with Gasteiger partial charge in [-0.1, -0.05) is 17.7 Å². The van der Waals surface area contributed by atoms with E-state index in [1.807, 2.05) is 6.92 Å². The minimum Gasteiger partial charge on any atom is -0.464 e. The van der Waals surface area contributed by atoms with Gasteiger partial charge in [0.25, 0.3) is 0 Å². The van der Waals surface area contributed by atoms with E-state index in [0.29, 0.717) is 17.1 Å². The van der Waals surface area contributed by atoms with Gasteiger partial charge in [-0.05, 0) is 44.5 Å². The summed E-state index contributed by atoms with van der Waals surface area (Å²) >= 11 is 0. The van der Waals surface area contributed by atoms with Gasteiger partial charge in [0.1, 0.15) is 17.6 Å². The highest BCUT2D eigenvalue weighted by molar-refractivity contribution is 7.89. The van der Waals surface area contributed by atoms with Gasteiger partial charge >= 0.3 is 0 Å². The number of rotatable bonds is 5. The highest BCUT2D eigenvalue weighted by atomic mass is 32.2. The molecule has 5 nitrogen and oxygen atoms in total. The lowest BCUT2D eigenvalue weighted by molar-refractivity contribution is 0.152. The molecule has 0 aliphatic heterocycles. The van der Waals surface area contributed by atoms with Crippen molar-refractivity contribution in [1.82, 2.24) is 4.72 Å². The highest BCUT2D eigenvalue weighted by Crippen LogP contribution is 2.18. The molecule has 0 saturated carbocycles. The number of nitrogens with one attached hydrogen (secondary N) is 1. The second kappa shape index (κ2) is 6.01. The topological polar surface area (TPSA) is 79.5 Å². The first-order valence-corrected chi connectivity index (χ1v) is 8.09. The van der Waals surface area contributed by atoms with E-state index in [2.05, 4.69) is 4.72 Å². The zero-order valence-corrected chi connectivity index (χ0v) is 13.1. The summed E-state index contributed by atoms with van der Waals surface area (Å²) in [6, 6.07) is 8.47. The first-order valence-electron chi connectivity index (χ1n) is 6.61. The van der Waals surface area contributed by atoms with E-state index in [4.69, 9.17) is 4.42 Å². The third kappa shape index (κ3) is 3.72. The van der Waals surface area contributed by atoms with Gasteiger partial charge in [0.05, 0.1) is 4.90 Å². The Morgan fingerprint density at radius 3 is 2.48 bits per heavy atom. The van der Waals surface area contributed by atoms with Gasteiger partial charge in [-0.25, -0.2) is 13.1 Å². The minimum absolute atomic E-state index is 0.136. The molecule has 2 N–H and O–H groups in total. The van der Waals surface area contributed by atoms with Gasteiger partial charge in [0.2, 0.25) is 10.0 Å². The fourth-order valence-electron chi connectivity index (χ4n) is 2.10. The lowest BCUT2D eigenvalue weighted by atomic mass is 10.2. The predicted octanol–water partition coefficient (Wildman–Crippen LogP) is 2.22. The number of aliphatic hydroxyl groups excluding tert-OH is 1. The SMILES string of the molecule is Cc1ccc(S(=O)(=O)NCC(O)c2ccc(C)o2)c(C)c1. The number of aliphatic hydroxyl groups is 1. The molecule has 0 bridgehead atoms. The van der Waals surface area contributed by atoms with Crippen LogP contribution in [0.15, 0.2) is 39.6 Å². The quantitative estimate of drug-likeness (QED) is 0.887. The van der Waals surface area contributed by atoms with Gasteiger partial charge in [-0.3, -0.25) is 0 Å². The molecule has 0 fully saturated rings. The monoisotopic (exact) mass is 309 g/mol. The van der Waals surface area contributed by atoms with E-state index >= 15 is 0 Å². The van der Waals surface area contributed by atoms with Gasteiger partial charge in [0, 0.05) is 6.54 Å². The van der Waals surface area contributed by atoms with Crippen LogP contribution in [0.4, 0.5) is 0 Å². The van der Waals surface area contributed by atoms with Crippen molar-refractivity contribution < 1.29 is 17.9 Å². The largest absolute Gasteiger partial charge is 0.464 e. The Morgan fingerprint density at radius 2 is 1.90 bits per heavy atom. The van der Waals surface area contributed by atoms with Crippen molar-refractivity contribution >= 4 is 10.0 Å².